The molecule has 0 rings (SSSR count). The minimum atomic E-state index is -1.10. The first-order valence-corrected chi connectivity index (χ1v) is 4.23. The number of rotatable bonds is 7. The number of hydroxylamine groups is 1. The van der Waals surface area contributed by atoms with E-state index in [1.165, 1.54) is 0 Å². The van der Waals surface area contributed by atoms with E-state index in [4.69, 9.17) is 16.0 Å². The van der Waals surface area contributed by atoms with Crippen LogP contribution in [0.2, 0.25) is 0 Å². The van der Waals surface area contributed by atoms with Crippen LogP contribution in [0.15, 0.2) is 0 Å². The molecule has 0 saturated heterocycles. The average molecular weight is 205 g/mol. The van der Waals surface area contributed by atoms with Gasteiger partial charge >= 0.3 is 12.0 Å². The quantitative estimate of drug-likeness (QED) is 0.276. The standard InChI is InChI=1S/C7H15N3O4/c8-7(13)9-4-2-1-3-5(10-14)6(11)12/h5,10,14H,1-4H2,(H,11,12)(H3,8,9,13). The van der Waals surface area contributed by atoms with E-state index in [-0.39, 0.29) is 0 Å². The molecule has 1 atom stereocenters. The summed E-state index contributed by atoms with van der Waals surface area (Å²) in [5.74, 6) is -1.10. The number of carbonyl (C=O) groups excluding carboxylic acids is 1. The summed E-state index contributed by atoms with van der Waals surface area (Å²) in [7, 11) is 0. The van der Waals surface area contributed by atoms with Crippen LogP contribution >= 0.6 is 0 Å². The molecule has 1 unspecified atom stereocenters. The molecule has 0 aromatic heterocycles. The topological polar surface area (TPSA) is 125 Å². The normalized spacial score (nSPS) is 12.1. The van der Waals surface area contributed by atoms with Crippen molar-refractivity contribution >= 4 is 12.0 Å². The third kappa shape index (κ3) is 6.21. The van der Waals surface area contributed by atoms with Gasteiger partial charge in [-0.1, -0.05) is 0 Å². The number of carboxylic acids is 1. The first-order chi connectivity index (χ1) is 6.57. The van der Waals surface area contributed by atoms with Gasteiger partial charge in [-0.3, -0.25) is 4.79 Å². The summed E-state index contributed by atoms with van der Waals surface area (Å²) >= 11 is 0. The number of aliphatic carboxylic acids is 1. The van der Waals surface area contributed by atoms with Gasteiger partial charge < -0.3 is 21.4 Å². The maximum Gasteiger partial charge on any atom is 0.323 e. The molecule has 0 aromatic rings. The molecule has 82 valence electrons. The van der Waals surface area contributed by atoms with Gasteiger partial charge in [0.25, 0.3) is 0 Å². The SMILES string of the molecule is NC(=O)NCCCCC(NO)C(=O)O. The highest BCUT2D eigenvalue weighted by atomic mass is 16.5. The van der Waals surface area contributed by atoms with E-state index in [1.807, 2.05) is 0 Å². The van der Waals surface area contributed by atoms with Crippen molar-refractivity contribution in [3.63, 3.8) is 0 Å². The number of hydrogen-bond acceptors (Lipinski definition) is 4. The maximum absolute atomic E-state index is 10.4. The van der Waals surface area contributed by atoms with Crippen LogP contribution in [0.4, 0.5) is 4.79 Å². The molecule has 0 spiro atoms. The summed E-state index contributed by atoms with van der Waals surface area (Å²) in [6, 6.07) is -1.55. The monoisotopic (exact) mass is 205 g/mol. The van der Waals surface area contributed by atoms with Crippen LogP contribution in [-0.2, 0) is 4.79 Å². The summed E-state index contributed by atoms with van der Waals surface area (Å²) in [5.41, 5.74) is 6.50. The molecule has 7 heteroatoms. The highest BCUT2D eigenvalue weighted by molar-refractivity contribution is 5.73. The third-order valence-electron chi connectivity index (χ3n) is 1.67. The number of unbranched alkanes of at least 4 members (excludes halogenated alkanes) is 1. The van der Waals surface area contributed by atoms with E-state index in [2.05, 4.69) is 5.32 Å². The Balaban J connectivity index is 3.42. The van der Waals surface area contributed by atoms with Gasteiger partial charge in [0, 0.05) is 6.54 Å². The van der Waals surface area contributed by atoms with Gasteiger partial charge in [0.15, 0.2) is 0 Å². The van der Waals surface area contributed by atoms with Crippen LogP contribution in [0.5, 0.6) is 0 Å². The number of nitrogens with two attached hydrogens (primary N) is 1. The van der Waals surface area contributed by atoms with Crippen LogP contribution in [0.1, 0.15) is 19.3 Å². The number of carboxylic acid groups (broad SMARTS) is 1. The number of primary amides is 1. The van der Waals surface area contributed by atoms with Crippen molar-refractivity contribution < 1.29 is 19.9 Å². The van der Waals surface area contributed by atoms with Gasteiger partial charge in [0.2, 0.25) is 0 Å². The van der Waals surface area contributed by atoms with E-state index >= 15 is 0 Å². The minimum Gasteiger partial charge on any atom is -0.480 e. The fourth-order valence-corrected chi connectivity index (χ4v) is 0.928. The number of hydrogen-bond donors (Lipinski definition) is 5. The number of urea groups is 1. The zero-order chi connectivity index (χ0) is 11.0. The Labute approximate surface area is 81.2 Å². The Hall–Kier alpha value is -1.34. The zero-order valence-electron chi connectivity index (χ0n) is 7.69. The predicted molar refractivity (Wildman–Crippen MR) is 47.8 cm³/mol. The number of carbonyl (C=O) groups is 2. The van der Waals surface area contributed by atoms with E-state index in [0.717, 1.165) is 0 Å². The molecule has 6 N–H and O–H groups in total. The Morgan fingerprint density at radius 3 is 2.43 bits per heavy atom. The lowest BCUT2D eigenvalue weighted by molar-refractivity contribution is -0.142. The van der Waals surface area contributed by atoms with Gasteiger partial charge in [-0.25, -0.2) is 4.79 Å². The van der Waals surface area contributed by atoms with E-state index in [0.29, 0.717) is 25.8 Å². The van der Waals surface area contributed by atoms with E-state index in [1.54, 1.807) is 5.48 Å². The molecule has 0 saturated carbocycles. The van der Waals surface area contributed by atoms with Crippen molar-refractivity contribution in [2.75, 3.05) is 6.54 Å². The van der Waals surface area contributed by atoms with Crippen molar-refractivity contribution in [3.8, 4) is 0 Å². The lowest BCUT2D eigenvalue weighted by Gasteiger charge is -2.09. The molecule has 0 aliphatic rings. The Kier molecular flexibility index (Phi) is 6.42. The van der Waals surface area contributed by atoms with Gasteiger partial charge in [-0.15, -0.1) is 0 Å². The molecule has 0 radical (unpaired) electrons. The van der Waals surface area contributed by atoms with Gasteiger partial charge in [0.1, 0.15) is 6.04 Å². The zero-order valence-corrected chi connectivity index (χ0v) is 7.69. The summed E-state index contributed by atoms with van der Waals surface area (Å²) in [5, 5.41) is 19.3. The molecule has 0 fully saturated rings. The second-order valence-corrected chi connectivity index (χ2v) is 2.81. The molecule has 0 aliphatic carbocycles. The van der Waals surface area contributed by atoms with Crippen LogP contribution in [-0.4, -0.2) is 34.9 Å². The maximum atomic E-state index is 10.4. The fourth-order valence-electron chi connectivity index (χ4n) is 0.928. The summed E-state index contributed by atoms with van der Waals surface area (Å²) in [4.78, 5) is 20.6. The van der Waals surface area contributed by atoms with Crippen molar-refractivity contribution in [1.29, 1.82) is 0 Å². The molecule has 7 nitrogen and oxygen atoms in total. The Morgan fingerprint density at radius 2 is 2.00 bits per heavy atom. The Morgan fingerprint density at radius 1 is 1.36 bits per heavy atom. The van der Waals surface area contributed by atoms with E-state index in [9.17, 15) is 9.59 Å². The summed E-state index contributed by atoms with van der Waals surface area (Å²) in [6.45, 7) is 0.410. The van der Waals surface area contributed by atoms with E-state index < -0.39 is 18.0 Å². The molecular formula is C7H15N3O4. The molecule has 0 aliphatic heterocycles. The fraction of sp³-hybridized carbons (Fsp3) is 0.714. The van der Waals surface area contributed by atoms with Crippen LogP contribution in [0.25, 0.3) is 0 Å². The number of amides is 2. The summed E-state index contributed by atoms with van der Waals surface area (Å²) in [6.07, 6.45) is 1.49. The average Bonchev–Trinajstić information content (AvgIpc) is 2.10. The van der Waals surface area contributed by atoms with Crippen molar-refractivity contribution in [2.24, 2.45) is 5.73 Å². The van der Waals surface area contributed by atoms with Gasteiger partial charge in [-0.05, 0) is 19.3 Å². The summed E-state index contributed by atoms with van der Waals surface area (Å²) < 4.78 is 0. The molecule has 0 bridgehead atoms. The van der Waals surface area contributed by atoms with Crippen LogP contribution in [0, 0.1) is 0 Å². The third-order valence-corrected chi connectivity index (χ3v) is 1.67. The molecule has 2 amide bonds. The highest BCUT2D eigenvalue weighted by Crippen LogP contribution is 1.99. The second kappa shape index (κ2) is 7.10. The van der Waals surface area contributed by atoms with Gasteiger partial charge in [-0.2, -0.15) is 5.48 Å². The number of nitrogens with one attached hydrogen (secondary N) is 2. The van der Waals surface area contributed by atoms with Crippen molar-refractivity contribution in [1.82, 2.24) is 10.8 Å². The predicted octanol–water partition coefficient (Wildman–Crippen LogP) is -0.743. The van der Waals surface area contributed by atoms with Gasteiger partial charge in [0.05, 0.1) is 0 Å². The van der Waals surface area contributed by atoms with Crippen molar-refractivity contribution in [3.05, 3.63) is 0 Å². The molecule has 0 heterocycles. The highest BCUT2D eigenvalue weighted by Gasteiger charge is 2.14. The Bertz CT molecular complexity index is 197. The second-order valence-electron chi connectivity index (χ2n) is 2.81. The molecule has 0 aromatic carbocycles. The molecular weight excluding hydrogens is 190 g/mol. The lowest BCUT2D eigenvalue weighted by Crippen LogP contribution is -2.34. The first-order valence-electron chi connectivity index (χ1n) is 4.23. The lowest BCUT2D eigenvalue weighted by atomic mass is 10.1. The van der Waals surface area contributed by atoms with Crippen molar-refractivity contribution in [2.45, 2.75) is 25.3 Å². The largest absolute Gasteiger partial charge is 0.480 e. The smallest absolute Gasteiger partial charge is 0.323 e. The molecule has 14 heavy (non-hydrogen) atoms. The van der Waals surface area contributed by atoms with Crippen LogP contribution < -0.4 is 16.5 Å². The first kappa shape index (κ1) is 12.7. The minimum absolute atomic E-state index is 0.298. The van der Waals surface area contributed by atoms with Crippen LogP contribution in [0.3, 0.4) is 0 Å².